The molecule has 298 valence electrons. The van der Waals surface area contributed by atoms with Crippen LogP contribution < -0.4 is 0 Å². The Morgan fingerprint density at radius 2 is 0.887 bits per heavy atom. The van der Waals surface area contributed by atoms with Gasteiger partial charge >= 0.3 is 0 Å². The predicted octanol–water partition coefficient (Wildman–Crippen LogP) is 13.3. The van der Waals surface area contributed by atoms with Crippen LogP contribution in [0.1, 0.15) is 199 Å². The van der Waals surface area contributed by atoms with Gasteiger partial charge in [0.2, 0.25) is 0 Å². The summed E-state index contributed by atoms with van der Waals surface area (Å²) >= 11 is 2.67. The average Bonchev–Trinajstić information content (AvgIpc) is 3.81. The summed E-state index contributed by atoms with van der Waals surface area (Å²) in [6.07, 6.45) is 49.0. The van der Waals surface area contributed by atoms with Gasteiger partial charge < -0.3 is 4.74 Å². The minimum absolute atomic E-state index is 0.614. The fourth-order valence-electron chi connectivity index (χ4n) is 18.4. The van der Waals surface area contributed by atoms with Crippen LogP contribution in [0.3, 0.4) is 0 Å². The predicted molar refractivity (Wildman–Crippen MR) is 222 cm³/mol. The maximum Gasteiger partial charge on any atom is 0.0621 e. The summed E-state index contributed by atoms with van der Waals surface area (Å²) in [5.74, 6) is 12.4. The molecule has 11 aliphatic rings. The Balaban J connectivity index is 0.875. The number of ether oxygens (including phenoxy) is 1. The van der Waals surface area contributed by atoms with E-state index in [1.54, 1.807) is 135 Å². The van der Waals surface area contributed by atoms with Crippen LogP contribution in [0.2, 0.25) is 0 Å². The second-order valence-electron chi connectivity index (χ2n) is 22.4. The van der Waals surface area contributed by atoms with Gasteiger partial charge in [-0.15, -0.1) is 0 Å². The number of hydrogen-bond acceptors (Lipinski definition) is 3. The molecule has 14 unspecified atom stereocenters. The largest absolute Gasteiger partial charge is 0.374 e. The molecule has 11 rings (SSSR count). The van der Waals surface area contributed by atoms with Gasteiger partial charge in [0.25, 0.3) is 0 Å². The number of thioether (sulfide) groups is 1. The molecule has 0 N–H and O–H groups in total. The highest BCUT2D eigenvalue weighted by atomic mass is 32.2. The van der Waals surface area contributed by atoms with Crippen LogP contribution in [-0.4, -0.2) is 45.7 Å². The molecular formula is C50H81NOS. The Bertz CT molecular complexity index is 1210. The van der Waals surface area contributed by atoms with E-state index in [9.17, 15) is 0 Å². The number of rotatable bonds is 5. The van der Waals surface area contributed by atoms with Gasteiger partial charge in [-0.25, -0.2) is 0 Å². The normalized spacial score (nSPS) is 53.2. The quantitative estimate of drug-likeness (QED) is 0.278. The summed E-state index contributed by atoms with van der Waals surface area (Å²) < 4.78 is 7.03. The van der Waals surface area contributed by atoms with E-state index in [-0.39, 0.29) is 0 Å². The third kappa shape index (κ3) is 6.71. The van der Waals surface area contributed by atoms with Crippen molar-refractivity contribution in [3.8, 4) is 0 Å². The van der Waals surface area contributed by atoms with Crippen LogP contribution in [0.5, 0.6) is 0 Å². The van der Waals surface area contributed by atoms with E-state index in [4.69, 9.17) is 4.74 Å². The number of nitrogens with zero attached hydrogens (tertiary/aromatic N) is 1. The Morgan fingerprint density at radius 3 is 1.66 bits per heavy atom. The fourth-order valence-corrected chi connectivity index (χ4v) is 20.8. The van der Waals surface area contributed by atoms with Crippen LogP contribution in [-0.2, 0) is 4.74 Å². The Hall–Kier alpha value is 0.270. The van der Waals surface area contributed by atoms with Gasteiger partial charge in [-0.2, -0.15) is 11.8 Å². The first kappa shape index (κ1) is 36.4. The first-order chi connectivity index (χ1) is 26.3. The van der Waals surface area contributed by atoms with Gasteiger partial charge in [-0.3, -0.25) is 4.90 Å². The van der Waals surface area contributed by atoms with E-state index in [2.05, 4.69) is 16.7 Å². The molecule has 2 nitrogen and oxygen atoms in total. The zero-order valence-electron chi connectivity index (χ0n) is 34.2. The molecule has 0 radical (unpaired) electrons. The second-order valence-corrected chi connectivity index (χ2v) is 23.8. The van der Waals surface area contributed by atoms with Crippen LogP contribution in [0.15, 0.2) is 0 Å². The molecule has 0 aromatic carbocycles. The lowest BCUT2D eigenvalue weighted by atomic mass is 9.56. The van der Waals surface area contributed by atoms with Crippen molar-refractivity contribution in [3.63, 3.8) is 0 Å². The molecule has 0 aromatic heterocycles. The fraction of sp³-hybridized carbons (Fsp3) is 1.00. The minimum Gasteiger partial charge on any atom is -0.374 e. The molecule has 53 heavy (non-hydrogen) atoms. The zero-order chi connectivity index (χ0) is 34.9. The van der Waals surface area contributed by atoms with Crippen molar-refractivity contribution in [2.45, 2.75) is 240 Å². The van der Waals surface area contributed by atoms with Crippen LogP contribution in [0.25, 0.3) is 0 Å². The number of hydrogen-bond donors (Lipinski definition) is 0. The van der Waals surface area contributed by atoms with E-state index < -0.39 is 0 Å². The van der Waals surface area contributed by atoms with Crippen LogP contribution in [0.4, 0.5) is 0 Å². The molecule has 2 aliphatic heterocycles. The van der Waals surface area contributed by atoms with Crippen molar-refractivity contribution >= 4 is 11.8 Å². The summed E-state index contributed by atoms with van der Waals surface area (Å²) in [6.45, 7) is 0. The van der Waals surface area contributed by atoms with E-state index in [0.717, 1.165) is 99.6 Å². The third-order valence-electron chi connectivity index (χ3n) is 20.4. The highest BCUT2D eigenvalue weighted by Gasteiger charge is 2.63. The summed E-state index contributed by atoms with van der Waals surface area (Å²) in [7, 11) is 0. The maximum atomic E-state index is 7.03. The van der Waals surface area contributed by atoms with Crippen molar-refractivity contribution in [2.24, 2.45) is 71.0 Å². The monoisotopic (exact) mass is 744 g/mol. The average molecular weight is 744 g/mol. The standard InChI is InChI=1S/C50H81NOS/c1-2-11-32(12-3-1)33-21-25-37(26-22-33)51(38-27-23-35(24-28-38)40-19-10-15-34-13-4-6-16-39(34)40)44-31-36-14-5-7-17-41(36)47-43-29-30-46-48(49(43)53-50(44)47)42-18-8-9-20-45(42)52-46/h32-50H,1-31H2. The van der Waals surface area contributed by atoms with Crippen molar-refractivity contribution < 1.29 is 4.74 Å². The van der Waals surface area contributed by atoms with Crippen LogP contribution >= 0.6 is 11.8 Å². The molecule has 3 heteroatoms. The van der Waals surface area contributed by atoms with Gasteiger partial charge in [-0.05, 0) is 168 Å². The maximum absolute atomic E-state index is 7.03. The van der Waals surface area contributed by atoms with Crippen molar-refractivity contribution in [1.29, 1.82) is 0 Å². The first-order valence-corrected chi connectivity index (χ1v) is 26.3. The summed E-state index contributed by atoms with van der Waals surface area (Å²) in [4.78, 5) is 3.50. The molecule has 0 spiro atoms. The SMILES string of the molecule is C1CCC(C2CCC(N(C3CCC(C4CCCC5CCCCC54)CC3)C3CC4CCCCC4C4C5CCC6OC7CCCCC7C6C5SC43)CC2)CC1. The lowest BCUT2D eigenvalue weighted by molar-refractivity contribution is -0.0532. The Kier molecular flexibility index (Phi) is 10.8. The molecule has 0 bridgehead atoms. The third-order valence-corrected chi connectivity index (χ3v) is 22.4. The van der Waals surface area contributed by atoms with Gasteiger partial charge in [0.1, 0.15) is 0 Å². The number of fused-ring (bicyclic) bond motifs is 10. The molecule has 2 saturated heterocycles. The summed E-state index contributed by atoms with van der Waals surface area (Å²) in [5.41, 5.74) is 0. The molecule has 2 heterocycles. The van der Waals surface area contributed by atoms with E-state index >= 15 is 0 Å². The topological polar surface area (TPSA) is 12.5 Å². The first-order valence-electron chi connectivity index (χ1n) is 25.4. The highest BCUT2D eigenvalue weighted by molar-refractivity contribution is 8.00. The molecular weight excluding hydrogens is 663 g/mol. The second kappa shape index (κ2) is 15.8. The van der Waals surface area contributed by atoms with Gasteiger partial charge in [-0.1, -0.05) is 96.3 Å². The lowest BCUT2D eigenvalue weighted by Crippen LogP contribution is -2.60. The molecule has 14 atom stereocenters. The Labute approximate surface area is 331 Å². The van der Waals surface area contributed by atoms with Gasteiger partial charge in [0, 0.05) is 34.5 Å². The minimum atomic E-state index is 0.614. The molecule has 9 aliphatic carbocycles. The van der Waals surface area contributed by atoms with E-state index in [0.29, 0.717) is 12.2 Å². The lowest BCUT2D eigenvalue weighted by Gasteiger charge is -2.56. The molecule has 0 amide bonds. The van der Waals surface area contributed by atoms with Crippen molar-refractivity contribution in [3.05, 3.63) is 0 Å². The molecule has 11 fully saturated rings. The van der Waals surface area contributed by atoms with Gasteiger partial charge in [0.15, 0.2) is 0 Å². The summed E-state index contributed by atoms with van der Waals surface area (Å²) in [6, 6.07) is 2.67. The highest BCUT2D eigenvalue weighted by Crippen LogP contribution is 2.65. The van der Waals surface area contributed by atoms with Crippen molar-refractivity contribution in [2.75, 3.05) is 0 Å². The zero-order valence-corrected chi connectivity index (χ0v) is 35.0. The Morgan fingerprint density at radius 1 is 0.340 bits per heavy atom. The molecule has 0 aromatic rings. The smallest absolute Gasteiger partial charge is 0.0621 e. The summed E-state index contributed by atoms with van der Waals surface area (Å²) in [5, 5.41) is 1.86. The van der Waals surface area contributed by atoms with E-state index in [1.807, 2.05) is 0 Å². The van der Waals surface area contributed by atoms with Crippen LogP contribution in [0, 0.1) is 71.0 Å². The van der Waals surface area contributed by atoms with Gasteiger partial charge in [0.05, 0.1) is 12.2 Å². The molecule has 9 saturated carbocycles. The van der Waals surface area contributed by atoms with Crippen molar-refractivity contribution in [1.82, 2.24) is 4.90 Å². The van der Waals surface area contributed by atoms with E-state index in [1.165, 1.54) is 64.2 Å².